The summed E-state index contributed by atoms with van der Waals surface area (Å²) in [5.41, 5.74) is 8.26. The second-order valence-corrected chi connectivity index (χ2v) is 5.99. The predicted molar refractivity (Wildman–Crippen MR) is 89.3 cm³/mol. The quantitative estimate of drug-likeness (QED) is 0.850. The Morgan fingerprint density at radius 2 is 1.81 bits per heavy atom. The Bertz CT molecular complexity index is 634. The van der Waals surface area contributed by atoms with Gasteiger partial charge in [0.25, 0.3) is 0 Å². The fourth-order valence-electron chi connectivity index (χ4n) is 2.17. The lowest BCUT2D eigenvalue weighted by molar-refractivity contribution is 0.354. The summed E-state index contributed by atoms with van der Waals surface area (Å²) in [6.45, 7) is 0. The molecule has 0 aliphatic carbocycles. The first-order valence-electron chi connectivity index (χ1n) is 6.46. The van der Waals surface area contributed by atoms with E-state index < -0.39 is 0 Å². The van der Waals surface area contributed by atoms with Gasteiger partial charge in [-0.05, 0) is 41.8 Å². The van der Waals surface area contributed by atoms with Crippen LogP contribution in [0.5, 0.6) is 11.5 Å². The van der Waals surface area contributed by atoms with Crippen LogP contribution in [0, 0.1) is 0 Å². The minimum atomic E-state index is -0.177. The number of halogens is 2. The summed E-state index contributed by atoms with van der Waals surface area (Å²) >= 11 is 9.63. The molecule has 0 spiro atoms. The van der Waals surface area contributed by atoms with E-state index >= 15 is 0 Å². The van der Waals surface area contributed by atoms with Crippen molar-refractivity contribution in [3.05, 3.63) is 57.0 Å². The molecular formula is C16H17BrClNO2. The molecule has 112 valence electrons. The first-order chi connectivity index (χ1) is 10.0. The third-order valence-electron chi connectivity index (χ3n) is 3.27. The summed E-state index contributed by atoms with van der Waals surface area (Å²) in [6, 6.07) is 11.4. The lowest BCUT2D eigenvalue weighted by atomic mass is 9.99. The molecule has 2 rings (SSSR count). The molecule has 0 fully saturated rings. The highest BCUT2D eigenvalue weighted by Crippen LogP contribution is 2.31. The van der Waals surface area contributed by atoms with Crippen molar-refractivity contribution in [3.63, 3.8) is 0 Å². The smallest absolute Gasteiger partial charge is 0.160 e. The molecule has 2 aromatic carbocycles. The molecule has 3 nitrogen and oxygen atoms in total. The molecule has 0 saturated heterocycles. The van der Waals surface area contributed by atoms with Gasteiger partial charge in [-0.1, -0.05) is 39.7 Å². The van der Waals surface area contributed by atoms with E-state index in [-0.39, 0.29) is 6.04 Å². The summed E-state index contributed by atoms with van der Waals surface area (Å²) < 4.78 is 11.5. The highest BCUT2D eigenvalue weighted by atomic mass is 79.9. The van der Waals surface area contributed by atoms with Crippen LogP contribution in [0.3, 0.4) is 0 Å². The summed E-state index contributed by atoms with van der Waals surface area (Å²) in [4.78, 5) is 0. The monoisotopic (exact) mass is 369 g/mol. The van der Waals surface area contributed by atoms with Crippen LogP contribution in [0.1, 0.15) is 17.2 Å². The molecule has 1 unspecified atom stereocenters. The number of benzene rings is 2. The van der Waals surface area contributed by atoms with Crippen LogP contribution >= 0.6 is 27.5 Å². The molecule has 2 N–H and O–H groups in total. The number of hydrogen-bond acceptors (Lipinski definition) is 3. The van der Waals surface area contributed by atoms with Crippen molar-refractivity contribution >= 4 is 27.5 Å². The standard InChI is InChI=1S/C16H17BrClNO2/c1-20-15-6-3-10(8-16(15)21-2)7-14(19)12-5-4-11(17)9-13(12)18/h3-6,8-9,14H,7,19H2,1-2H3. The number of methoxy groups -OCH3 is 2. The van der Waals surface area contributed by atoms with Gasteiger partial charge in [-0.15, -0.1) is 0 Å². The molecule has 0 aromatic heterocycles. The Labute approximate surface area is 138 Å². The van der Waals surface area contributed by atoms with Crippen molar-refractivity contribution in [1.82, 2.24) is 0 Å². The van der Waals surface area contributed by atoms with E-state index in [0.717, 1.165) is 15.6 Å². The van der Waals surface area contributed by atoms with Crippen molar-refractivity contribution < 1.29 is 9.47 Å². The van der Waals surface area contributed by atoms with Crippen LogP contribution in [0.4, 0.5) is 0 Å². The van der Waals surface area contributed by atoms with E-state index in [2.05, 4.69) is 15.9 Å². The highest BCUT2D eigenvalue weighted by Gasteiger charge is 2.13. The fraction of sp³-hybridized carbons (Fsp3) is 0.250. The summed E-state index contributed by atoms with van der Waals surface area (Å²) in [7, 11) is 3.23. The van der Waals surface area contributed by atoms with Crippen LogP contribution < -0.4 is 15.2 Å². The van der Waals surface area contributed by atoms with Crippen LogP contribution in [0.2, 0.25) is 5.02 Å². The van der Waals surface area contributed by atoms with Crippen LogP contribution in [0.25, 0.3) is 0 Å². The van der Waals surface area contributed by atoms with Gasteiger partial charge < -0.3 is 15.2 Å². The van der Waals surface area contributed by atoms with E-state index in [4.69, 9.17) is 26.8 Å². The zero-order valence-corrected chi connectivity index (χ0v) is 14.2. The lowest BCUT2D eigenvalue weighted by Crippen LogP contribution is -2.14. The summed E-state index contributed by atoms with van der Waals surface area (Å²) in [6.07, 6.45) is 0.668. The Kier molecular flexibility index (Phi) is 5.51. The van der Waals surface area contributed by atoms with Crippen molar-refractivity contribution in [2.45, 2.75) is 12.5 Å². The van der Waals surface area contributed by atoms with E-state index in [9.17, 15) is 0 Å². The van der Waals surface area contributed by atoms with Crippen LogP contribution in [0.15, 0.2) is 40.9 Å². The zero-order valence-electron chi connectivity index (χ0n) is 11.9. The molecule has 0 aliphatic rings. The second kappa shape index (κ2) is 7.16. The molecule has 21 heavy (non-hydrogen) atoms. The maximum absolute atomic E-state index is 6.27. The number of nitrogens with two attached hydrogens (primary N) is 1. The minimum Gasteiger partial charge on any atom is -0.493 e. The normalized spacial score (nSPS) is 12.0. The molecular weight excluding hydrogens is 354 g/mol. The number of rotatable bonds is 5. The topological polar surface area (TPSA) is 44.5 Å². The number of hydrogen-bond donors (Lipinski definition) is 1. The van der Waals surface area contributed by atoms with Crippen LogP contribution in [-0.4, -0.2) is 14.2 Å². The van der Waals surface area contributed by atoms with E-state index in [0.29, 0.717) is 22.9 Å². The summed E-state index contributed by atoms with van der Waals surface area (Å²) in [5, 5.41) is 0.664. The van der Waals surface area contributed by atoms with Gasteiger partial charge in [-0.3, -0.25) is 0 Å². The SMILES string of the molecule is COc1ccc(CC(N)c2ccc(Br)cc2Cl)cc1OC. The van der Waals surface area contributed by atoms with Crippen molar-refractivity contribution in [1.29, 1.82) is 0 Å². The molecule has 0 saturated carbocycles. The molecule has 0 bridgehead atoms. The zero-order chi connectivity index (χ0) is 15.4. The van der Waals surface area contributed by atoms with E-state index in [1.165, 1.54) is 0 Å². The number of ether oxygens (including phenoxy) is 2. The maximum atomic E-state index is 6.27. The first kappa shape index (κ1) is 16.1. The van der Waals surface area contributed by atoms with Gasteiger partial charge in [0.05, 0.1) is 14.2 Å². The van der Waals surface area contributed by atoms with Crippen molar-refractivity contribution in [2.75, 3.05) is 14.2 Å². The van der Waals surface area contributed by atoms with E-state index in [1.807, 2.05) is 36.4 Å². The van der Waals surface area contributed by atoms with Gasteiger partial charge in [0.2, 0.25) is 0 Å². The van der Waals surface area contributed by atoms with Crippen molar-refractivity contribution in [3.8, 4) is 11.5 Å². The van der Waals surface area contributed by atoms with Gasteiger partial charge in [-0.2, -0.15) is 0 Å². The third kappa shape index (κ3) is 3.90. The van der Waals surface area contributed by atoms with E-state index in [1.54, 1.807) is 14.2 Å². The average Bonchev–Trinajstić information content (AvgIpc) is 2.46. The first-order valence-corrected chi connectivity index (χ1v) is 7.63. The Morgan fingerprint density at radius 3 is 2.43 bits per heavy atom. The van der Waals surface area contributed by atoms with Crippen LogP contribution in [-0.2, 0) is 6.42 Å². The fourth-order valence-corrected chi connectivity index (χ4v) is 2.99. The largest absolute Gasteiger partial charge is 0.493 e. The second-order valence-electron chi connectivity index (χ2n) is 4.67. The van der Waals surface area contributed by atoms with Crippen molar-refractivity contribution in [2.24, 2.45) is 5.73 Å². The molecule has 5 heteroatoms. The average molecular weight is 371 g/mol. The Balaban J connectivity index is 2.21. The Hall–Kier alpha value is -1.23. The van der Waals surface area contributed by atoms with Gasteiger partial charge >= 0.3 is 0 Å². The van der Waals surface area contributed by atoms with Gasteiger partial charge in [0.15, 0.2) is 11.5 Å². The van der Waals surface area contributed by atoms with Gasteiger partial charge in [0.1, 0.15) is 0 Å². The van der Waals surface area contributed by atoms with Gasteiger partial charge in [0, 0.05) is 15.5 Å². The minimum absolute atomic E-state index is 0.177. The predicted octanol–water partition coefficient (Wildman–Crippen LogP) is 4.36. The third-order valence-corrected chi connectivity index (χ3v) is 4.09. The molecule has 2 aromatic rings. The molecule has 0 aliphatic heterocycles. The molecule has 1 atom stereocenters. The molecule has 0 radical (unpaired) electrons. The molecule has 0 amide bonds. The lowest BCUT2D eigenvalue weighted by Gasteiger charge is -2.15. The summed E-state index contributed by atoms with van der Waals surface area (Å²) in [5.74, 6) is 1.40. The molecule has 0 heterocycles. The Morgan fingerprint density at radius 1 is 1.10 bits per heavy atom. The van der Waals surface area contributed by atoms with Gasteiger partial charge in [-0.25, -0.2) is 0 Å². The highest BCUT2D eigenvalue weighted by molar-refractivity contribution is 9.10. The maximum Gasteiger partial charge on any atom is 0.160 e.